The van der Waals surface area contributed by atoms with E-state index in [1.807, 2.05) is 30.3 Å². The quantitative estimate of drug-likeness (QED) is 0.617. The number of carbonyl (C=O) groups excluding carboxylic acids is 2. The molecule has 7 nitrogen and oxygen atoms in total. The van der Waals surface area contributed by atoms with Crippen LogP contribution in [0, 0.1) is 6.92 Å². The molecule has 2 aromatic carbocycles. The third-order valence-electron chi connectivity index (χ3n) is 4.19. The Hall–Kier alpha value is -3.32. The van der Waals surface area contributed by atoms with E-state index in [0.29, 0.717) is 22.2 Å². The fraction of sp³-hybridized carbons (Fsp3) is 0.190. The van der Waals surface area contributed by atoms with Crippen LogP contribution in [0.15, 0.2) is 54.6 Å². The van der Waals surface area contributed by atoms with E-state index >= 15 is 0 Å². The third kappa shape index (κ3) is 4.57. The van der Waals surface area contributed by atoms with Crippen LogP contribution in [-0.4, -0.2) is 34.9 Å². The number of amides is 1. The van der Waals surface area contributed by atoms with Crippen molar-refractivity contribution in [2.45, 2.75) is 20.0 Å². The fourth-order valence-electron chi connectivity index (χ4n) is 2.73. The second-order valence-corrected chi connectivity index (χ2v) is 6.69. The Balaban J connectivity index is 1.91. The average Bonchev–Trinajstić information content (AvgIpc) is 3.05. The number of halogens is 1. The van der Waals surface area contributed by atoms with Crippen molar-refractivity contribution >= 4 is 29.3 Å². The highest BCUT2D eigenvalue weighted by Gasteiger charge is 2.26. The van der Waals surface area contributed by atoms with Gasteiger partial charge in [0.05, 0.1) is 18.5 Å². The van der Waals surface area contributed by atoms with E-state index in [1.165, 1.54) is 11.8 Å². The van der Waals surface area contributed by atoms with Crippen molar-refractivity contribution in [1.82, 2.24) is 9.78 Å². The lowest BCUT2D eigenvalue weighted by atomic mass is 10.2. The SMILES string of the molecule is COC(=O)c1c(C)nn(-c2ccccc2)c1NC(=O)C(C)Oc1ccc(Cl)cc1. The van der Waals surface area contributed by atoms with Crippen molar-refractivity contribution in [3.8, 4) is 11.4 Å². The smallest absolute Gasteiger partial charge is 0.343 e. The number of esters is 1. The fourth-order valence-corrected chi connectivity index (χ4v) is 2.86. The second-order valence-electron chi connectivity index (χ2n) is 6.25. The highest BCUT2D eigenvalue weighted by molar-refractivity contribution is 6.30. The maximum atomic E-state index is 12.8. The molecule has 0 bridgehead atoms. The van der Waals surface area contributed by atoms with E-state index < -0.39 is 18.0 Å². The predicted octanol–water partition coefficient (Wildman–Crippen LogP) is 4.03. The largest absolute Gasteiger partial charge is 0.481 e. The van der Waals surface area contributed by atoms with Crippen molar-refractivity contribution in [3.05, 3.63) is 70.9 Å². The van der Waals surface area contributed by atoms with E-state index in [9.17, 15) is 9.59 Å². The summed E-state index contributed by atoms with van der Waals surface area (Å²) in [6, 6.07) is 15.9. The van der Waals surface area contributed by atoms with Crippen LogP contribution < -0.4 is 10.1 Å². The maximum Gasteiger partial charge on any atom is 0.343 e. The van der Waals surface area contributed by atoms with Gasteiger partial charge in [-0.2, -0.15) is 5.10 Å². The number of aryl methyl sites for hydroxylation is 1. The van der Waals surface area contributed by atoms with Gasteiger partial charge in [0.1, 0.15) is 11.3 Å². The predicted molar refractivity (Wildman–Crippen MR) is 110 cm³/mol. The molecular formula is C21H20ClN3O4. The van der Waals surface area contributed by atoms with E-state index in [-0.39, 0.29) is 11.4 Å². The minimum atomic E-state index is -0.832. The summed E-state index contributed by atoms with van der Waals surface area (Å²) in [4.78, 5) is 25.1. The van der Waals surface area contributed by atoms with E-state index in [0.717, 1.165) is 0 Å². The van der Waals surface area contributed by atoms with Crippen molar-refractivity contribution < 1.29 is 19.1 Å². The van der Waals surface area contributed by atoms with Gasteiger partial charge < -0.3 is 14.8 Å². The number of hydrogen-bond donors (Lipinski definition) is 1. The monoisotopic (exact) mass is 413 g/mol. The summed E-state index contributed by atoms with van der Waals surface area (Å²) in [5.74, 6) is -0.316. The molecule has 1 heterocycles. The number of benzene rings is 2. The number of aromatic nitrogens is 2. The van der Waals surface area contributed by atoms with Gasteiger partial charge in [-0.25, -0.2) is 9.48 Å². The topological polar surface area (TPSA) is 82.5 Å². The Morgan fingerprint density at radius 2 is 1.76 bits per heavy atom. The van der Waals surface area contributed by atoms with Gasteiger partial charge in [0.15, 0.2) is 11.9 Å². The molecule has 0 aliphatic rings. The minimum Gasteiger partial charge on any atom is -0.481 e. The number of rotatable bonds is 6. The molecule has 29 heavy (non-hydrogen) atoms. The standard InChI is InChI=1S/C21H20ClN3O4/c1-13-18(21(27)28-3)19(25(24-13)16-7-5-4-6-8-16)23-20(26)14(2)29-17-11-9-15(22)10-12-17/h4-12,14H,1-3H3,(H,23,26). The van der Waals surface area contributed by atoms with Crippen LogP contribution >= 0.6 is 11.6 Å². The number of nitrogens with one attached hydrogen (secondary N) is 1. The van der Waals surface area contributed by atoms with Crippen molar-refractivity contribution in [1.29, 1.82) is 0 Å². The van der Waals surface area contributed by atoms with Crippen LogP contribution in [-0.2, 0) is 9.53 Å². The number of carbonyl (C=O) groups is 2. The van der Waals surface area contributed by atoms with Gasteiger partial charge >= 0.3 is 5.97 Å². The second kappa shape index (κ2) is 8.79. The molecule has 1 atom stereocenters. The van der Waals surface area contributed by atoms with Crippen LogP contribution in [0.1, 0.15) is 23.0 Å². The lowest BCUT2D eigenvalue weighted by Gasteiger charge is -2.16. The maximum absolute atomic E-state index is 12.8. The molecule has 3 rings (SSSR count). The van der Waals surface area contributed by atoms with Gasteiger partial charge in [-0.15, -0.1) is 0 Å². The summed E-state index contributed by atoms with van der Waals surface area (Å²) < 4.78 is 12.0. The van der Waals surface area contributed by atoms with Crippen molar-refractivity contribution in [2.75, 3.05) is 12.4 Å². The highest BCUT2D eigenvalue weighted by atomic mass is 35.5. The van der Waals surface area contributed by atoms with Crippen molar-refractivity contribution in [2.24, 2.45) is 0 Å². The molecule has 0 fully saturated rings. The average molecular weight is 414 g/mol. The number of nitrogens with zero attached hydrogens (tertiary/aromatic N) is 2. The number of para-hydroxylation sites is 1. The molecule has 0 spiro atoms. The Morgan fingerprint density at radius 1 is 1.10 bits per heavy atom. The van der Waals surface area contributed by atoms with E-state index in [2.05, 4.69) is 10.4 Å². The molecule has 1 unspecified atom stereocenters. The van der Waals surface area contributed by atoms with Crippen LogP contribution in [0.5, 0.6) is 5.75 Å². The summed E-state index contributed by atoms with van der Waals surface area (Å²) in [6.07, 6.45) is -0.832. The summed E-state index contributed by atoms with van der Waals surface area (Å²) in [5.41, 5.74) is 1.30. The summed E-state index contributed by atoms with van der Waals surface area (Å²) >= 11 is 5.87. The Kier molecular flexibility index (Phi) is 6.19. The molecule has 0 aliphatic heterocycles. The zero-order valence-corrected chi connectivity index (χ0v) is 16.9. The van der Waals surface area contributed by atoms with Gasteiger partial charge in [-0.1, -0.05) is 29.8 Å². The molecule has 0 saturated heterocycles. The summed E-state index contributed by atoms with van der Waals surface area (Å²) in [7, 11) is 1.28. The van der Waals surface area contributed by atoms with Crippen LogP contribution in [0.2, 0.25) is 5.02 Å². The van der Waals surface area contributed by atoms with Gasteiger partial charge in [-0.3, -0.25) is 4.79 Å². The van der Waals surface area contributed by atoms with E-state index in [4.69, 9.17) is 21.1 Å². The first kappa shape index (κ1) is 20.4. The number of ether oxygens (including phenoxy) is 2. The lowest BCUT2D eigenvalue weighted by molar-refractivity contribution is -0.122. The van der Waals surface area contributed by atoms with E-state index in [1.54, 1.807) is 38.1 Å². The van der Waals surface area contributed by atoms with Gasteiger partial charge in [0, 0.05) is 5.02 Å². The number of methoxy groups -OCH3 is 1. The Labute approximate surface area is 173 Å². The first-order chi connectivity index (χ1) is 13.9. The molecule has 1 amide bonds. The molecule has 150 valence electrons. The first-order valence-corrected chi connectivity index (χ1v) is 9.25. The molecule has 0 saturated carbocycles. The molecule has 0 radical (unpaired) electrons. The molecule has 1 N–H and O–H groups in total. The van der Waals surface area contributed by atoms with Crippen molar-refractivity contribution in [3.63, 3.8) is 0 Å². The third-order valence-corrected chi connectivity index (χ3v) is 4.44. The molecule has 8 heteroatoms. The van der Waals surface area contributed by atoms with Gasteiger partial charge in [0.2, 0.25) is 0 Å². The normalized spacial score (nSPS) is 11.6. The summed E-state index contributed by atoms with van der Waals surface area (Å²) in [5, 5.41) is 7.73. The Morgan fingerprint density at radius 3 is 2.38 bits per heavy atom. The molecular weight excluding hydrogens is 394 g/mol. The van der Waals surface area contributed by atoms with Crippen LogP contribution in [0.4, 0.5) is 5.82 Å². The summed E-state index contributed by atoms with van der Waals surface area (Å²) in [6.45, 7) is 3.28. The molecule has 3 aromatic rings. The Bertz CT molecular complexity index is 1020. The number of hydrogen-bond acceptors (Lipinski definition) is 5. The lowest BCUT2D eigenvalue weighted by Crippen LogP contribution is -2.31. The zero-order chi connectivity index (χ0) is 21.0. The zero-order valence-electron chi connectivity index (χ0n) is 16.2. The van der Waals surface area contributed by atoms with Gasteiger partial charge in [-0.05, 0) is 50.2 Å². The highest BCUT2D eigenvalue weighted by Crippen LogP contribution is 2.25. The first-order valence-electron chi connectivity index (χ1n) is 8.87. The van der Waals surface area contributed by atoms with Gasteiger partial charge in [0.25, 0.3) is 5.91 Å². The number of anilines is 1. The van der Waals surface area contributed by atoms with Crippen LogP contribution in [0.3, 0.4) is 0 Å². The molecule has 1 aromatic heterocycles. The molecule has 0 aliphatic carbocycles. The minimum absolute atomic E-state index is 0.184. The van der Waals surface area contributed by atoms with Crippen LogP contribution in [0.25, 0.3) is 5.69 Å².